The lowest BCUT2D eigenvalue weighted by Gasteiger charge is -2.27. The van der Waals surface area contributed by atoms with Crippen molar-refractivity contribution < 1.29 is 0 Å². The number of thioether (sulfide) groups is 1. The van der Waals surface area contributed by atoms with Gasteiger partial charge in [-0.05, 0) is 30.9 Å². The average molecular weight is 280 g/mol. The van der Waals surface area contributed by atoms with Gasteiger partial charge in [-0.25, -0.2) is 9.97 Å². The molecule has 0 saturated heterocycles. The van der Waals surface area contributed by atoms with Crippen LogP contribution in [-0.4, -0.2) is 29.8 Å². The van der Waals surface area contributed by atoms with E-state index < -0.39 is 0 Å². The van der Waals surface area contributed by atoms with Crippen molar-refractivity contribution in [1.29, 1.82) is 0 Å². The van der Waals surface area contributed by atoms with E-state index >= 15 is 0 Å². The van der Waals surface area contributed by atoms with Crippen LogP contribution in [0.25, 0.3) is 0 Å². The van der Waals surface area contributed by atoms with Crippen LogP contribution in [0.3, 0.4) is 0 Å². The van der Waals surface area contributed by atoms with Gasteiger partial charge in [-0.2, -0.15) is 0 Å². The molecule has 1 saturated carbocycles. The molecule has 1 fully saturated rings. The number of anilines is 2. The summed E-state index contributed by atoms with van der Waals surface area (Å²) >= 11 is 1.57. The fourth-order valence-corrected chi connectivity index (χ4v) is 3.11. The van der Waals surface area contributed by atoms with Crippen LogP contribution in [0.1, 0.15) is 32.6 Å². The Balaban J connectivity index is 1.94. The minimum atomic E-state index is 0.787. The molecule has 1 aromatic rings. The van der Waals surface area contributed by atoms with Gasteiger partial charge in [0.25, 0.3) is 0 Å². The Hall–Kier alpha value is -0.970. The minimum absolute atomic E-state index is 0.787. The molecule has 1 heterocycles. The lowest BCUT2D eigenvalue weighted by atomic mass is 9.82. The highest BCUT2D eigenvalue weighted by Crippen LogP contribution is 2.28. The minimum Gasteiger partial charge on any atom is -0.373 e. The second kappa shape index (κ2) is 6.98. The van der Waals surface area contributed by atoms with Crippen molar-refractivity contribution in [2.24, 2.45) is 11.8 Å². The third-order valence-electron chi connectivity index (χ3n) is 3.76. The maximum atomic E-state index is 4.50. The molecule has 2 rings (SSSR count). The second-order valence-electron chi connectivity index (χ2n) is 5.39. The highest BCUT2D eigenvalue weighted by molar-refractivity contribution is 7.98. The molecular weight excluding hydrogens is 256 g/mol. The van der Waals surface area contributed by atoms with Gasteiger partial charge < -0.3 is 10.6 Å². The molecule has 1 aromatic heterocycles. The van der Waals surface area contributed by atoms with E-state index in [9.17, 15) is 0 Å². The van der Waals surface area contributed by atoms with Crippen LogP contribution in [0.2, 0.25) is 0 Å². The van der Waals surface area contributed by atoms with Crippen molar-refractivity contribution >= 4 is 23.4 Å². The fourth-order valence-electron chi connectivity index (χ4n) is 2.73. The number of hydrogen-bond donors (Lipinski definition) is 2. The van der Waals surface area contributed by atoms with E-state index in [2.05, 4.69) is 27.5 Å². The van der Waals surface area contributed by atoms with Crippen molar-refractivity contribution in [1.82, 2.24) is 9.97 Å². The summed E-state index contributed by atoms with van der Waals surface area (Å²) in [4.78, 5) is 8.88. The molecule has 1 aliphatic rings. The molecule has 1 aliphatic carbocycles. The number of nitrogens with one attached hydrogen (secondary N) is 2. The van der Waals surface area contributed by atoms with E-state index in [0.29, 0.717) is 0 Å². The predicted molar refractivity (Wildman–Crippen MR) is 83.0 cm³/mol. The van der Waals surface area contributed by atoms with Crippen LogP contribution >= 0.6 is 11.8 Å². The van der Waals surface area contributed by atoms with Crippen LogP contribution in [0.15, 0.2) is 11.2 Å². The number of nitrogens with zero attached hydrogens (tertiary/aromatic N) is 2. The first kappa shape index (κ1) is 14.4. The van der Waals surface area contributed by atoms with Gasteiger partial charge in [-0.15, -0.1) is 0 Å². The summed E-state index contributed by atoms with van der Waals surface area (Å²) < 4.78 is 0. The zero-order chi connectivity index (χ0) is 13.7. The van der Waals surface area contributed by atoms with Crippen molar-refractivity contribution in [2.75, 3.05) is 30.5 Å². The predicted octanol–water partition coefficient (Wildman–Crippen LogP) is 3.48. The van der Waals surface area contributed by atoms with Gasteiger partial charge in [0, 0.05) is 19.7 Å². The molecule has 0 radical (unpaired) electrons. The number of rotatable bonds is 5. The fraction of sp³-hybridized carbons (Fsp3) is 0.714. The third-order valence-corrected chi connectivity index (χ3v) is 4.31. The topological polar surface area (TPSA) is 49.8 Å². The largest absolute Gasteiger partial charge is 0.373 e. The quantitative estimate of drug-likeness (QED) is 0.639. The second-order valence-corrected chi connectivity index (χ2v) is 6.17. The zero-order valence-corrected chi connectivity index (χ0v) is 12.9. The summed E-state index contributed by atoms with van der Waals surface area (Å²) in [5, 5.41) is 7.37. The van der Waals surface area contributed by atoms with E-state index in [-0.39, 0.29) is 0 Å². The number of hydrogen-bond acceptors (Lipinski definition) is 5. The Bertz CT molecular complexity index is 388. The first-order valence-corrected chi connectivity index (χ1v) is 8.28. The average Bonchev–Trinajstić information content (AvgIpc) is 2.44. The maximum Gasteiger partial charge on any atom is 0.191 e. The Morgan fingerprint density at radius 3 is 2.79 bits per heavy atom. The lowest BCUT2D eigenvalue weighted by Crippen LogP contribution is -2.21. The molecule has 2 atom stereocenters. The molecule has 0 spiro atoms. The molecule has 0 amide bonds. The Morgan fingerprint density at radius 1 is 1.32 bits per heavy atom. The van der Waals surface area contributed by atoms with E-state index in [1.54, 1.807) is 11.8 Å². The first-order chi connectivity index (χ1) is 9.21. The first-order valence-electron chi connectivity index (χ1n) is 7.06. The summed E-state index contributed by atoms with van der Waals surface area (Å²) in [6.07, 6.45) is 7.45. The molecule has 0 aromatic carbocycles. The summed E-state index contributed by atoms with van der Waals surface area (Å²) in [7, 11) is 1.89. The summed E-state index contributed by atoms with van der Waals surface area (Å²) in [6, 6.07) is 1.98. The molecule has 0 aliphatic heterocycles. The summed E-state index contributed by atoms with van der Waals surface area (Å²) in [6.45, 7) is 3.39. The Kier molecular flexibility index (Phi) is 5.31. The molecule has 5 heteroatoms. The molecule has 2 N–H and O–H groups in total. The van der Waals surface area contributed by atoms with Gasteiger partial charge in [0.2, 0.25) is 0 Å². The van der Waals surface area contributed by atoms with Gasteiger partial charge >= 0.3 is 0 Å². The molecule has 2 unspecified atom stereocenters. The van der Waals surface area contributed by atoms with Gasteiger partial charge in [-0.1, -0.05) is 31.5 Å². The van der Waals surface area contributed by atoms with E-state index in [1.165, 1.54) is 25.7 Å². The molecule has 4 nitrogen and oxygen atoms in total. The highest BCUT2D eigenvalue weighted by atomic mass is 32.2. The van der Waals surface area contributed by atoms with Crippen molar-refractivity contribution in [2.45, 2.75) is 37.8 Å². The Morgan fingerprint density at radius 2 is 2.11 bits per heavy atom. The maximum absolute atomic E-state index is 4.50. The van der Waals surface area contributed by atoms with Crippen LogP contribution in [0.4, 0.5) is 11.6 Å². The van der Waals surface area contributed by atoms with Crippen LogP contribution in [0, 0.1) is 11.8 Å². The monoisotopic (exact) mass is 280 g/mol. The van der Waals surface area contributed by atoms with Crippen LogP contribution in [0.5, 0.6) is 0 Å². The summed E-state index contributed by atoms with van der Waals surface area (Å²) in [5.41, 5.74) is 0. The van der Waals surface area contributed by atoms with Crippen molar-refractivity contribution in [3.63, 3.8) is 0 Å². The SMILES string of the molecule is CNc1cc(NCC2CCCC(C)C2)nc(SC)n1. The van der Waals surface area contributed by atoms with Gasteiger partial charge in [-0.3, -0.25) is 0 Å². The molecular formula is C14H24N4S. The molecule has 0 bridgehead atoms. The smallest absolute Gasteiger partial charge is 0.191 e. The highest BCUT2D eigenvalue weighted by Gasteiger charge is 2.18. The van der Waals surface area contributed by atoms with Crippen molar-refractivity contribution in [3.05, 3.63) is 6.07 Å². The standard InChI is InChI=1S/C14H24N4S/c1-10-5-4-6-11(7-10)9-16-13-8-12(15-2)17-14(18-13)19-3/h8,10-11H,4-7,9H2,1-3H3,(H2,15,16,17,18). The summed E-state index contributed by atoms with van der Waals surface area (Å²) in [5.74, 6) is 3.47. The van der Waals surface area contributed by atoms with Crippen LogP contribution < -0.4 is 10.6 Å². The van der Waals surface area contributed by atoms with Gasteiger partial charge in [0.05, 0.1) is 0 Å². The van der Waals surface area contributed by atoms with Crippen LogP contribution in [-0.2, 0) is 0 Å². The zero-order valence-electron chi connectivity index (χ0n) is 12.1. The van der Waals surface area contributed by atoms with E-state index in [0.717, 1.165) is 35.2 Å². The third kappa shape index (κ3) is 4.27. The normalized spacial score (nSPS) is 23.1. The van der Waals surface area contributed by atoms with Gasteiger partial charge in [0.1, 0.15) is 11.6 Å². The van der Waals surface area contributed by atoms with Gasteiger partial charge in [0.15, 0.2) is 5.16 Å². The molecule has 19 heavy (non-hydrogen) atoms. The lowest BCUT2D eigenvalue weighted by molar-refractivity contribution is 0.293. The Labute approximate surface area is 120 Å². The molecule has 106 valence electrons. The van der Waals surface area contributed by atoms with E-state index in [4.69, 9.17) is 0 Å². The van der Waals surface area contributed by atoms with Crippen molar-refractivity contribution in [3.8, 4) is 0 Å². The van der Waals surface area contributed by atoms with E-state index in [1.807, 2.05) is 19.4 Å². The number of aromatic nitrogens is 2.